The fourth-order valence-corrected chi connectivity index (χ4v) is 5.87. The Bertz CT molecular complexity index is 1830. The predicted molar refractivity (Wildman–Crippen MR) is 175 cm³/mol. The molecule has 2 aromatic carbocycles. The average Bonchev–Trinajstić information content (AvgIpc) is 3.05. The van der Waals surface area contributed by atoms with Crippen molar-refractivity contribution in [1.29, 1.82) is 0 Å². The summed E-state index contributed by atoms with van der Waals surface area (Å²) in [7, 11) is -3.45. The van der Waals surface area contributed by atoms with Crippen LogP contribution in [0, 0.1) is 12.7 Å². The molecule has 2 heterocycles. The number of hydrogen-bond acceptors (Lipinski definition) is 8. The molecule has 4 aromatic rings. The van der Waals surface area contributed by atoms with E-state index in [1.807, 2.05) is 55.5 Å². The SMILES string of the molecule is Cc1cccc(C(=O)NC2CCC(NC(=O)c3cc(F)cnc3Oc3cccc(-c4ccc(CCCOS(C)(=O)=O)cc4)c3)CC2)n1. The summed E-state index contributed by atoms with van der Waals surface area (Å²) in [6.07, 6.45) is 5.93. The van der Waals surface area contributed by atoms with E-state index < -0.39 is 21.8 Å². The fraction of sp³-hybridized carbons (Fsp3) is 0.314. The molecule has 5 rings (SSSR count). The Kier molecular flexibility index (Phi) is 10.9. The smallest absolute Gasteiger partial charge is 0.270 e. The molecule has 0 spiro atoms. The first-order valence-electron chi connectivity index (χ1n) is 15.4. The maximum absolute atomic E-state index is 14.3. The van der Waals surface area contributed by atoms with Crippen molar-refractivity contribution in [3.63, 3.8) is 0 Å². The maximum atomic E-state index is 14.3. The van der Waals surface area contributed by atoms with Gasteiger partial charge in [0, 0.05) is 17.8 Å². The van der Waals surface area contributed by atoms with Crippen LogP contribution in [-0.2, 0) is 20.7 Å². The largest absolute Gasteiger partial charge is 0.438 e. The molecule has 12 heteroatoms. The number of benzene rings is 2. The molecule has 1 aliphatic rings. The van der Waals surface area contributed by atoms with Gasteiger partial charge in [0.25, 0.3) is 21.9 Å². The molecule has 0 radical (unpaired) electrons. The number of carbonyl (C=O) groups is 2. The number of amides is 2. The van der Waals surface area contributed by atoms with E-state index >= 15 is 0 Å². The van der Waals surface area contributed by atoms with E-state index in [1.54, 1.807) is 18.2 Å². The summed E-state index contributed by atoms with van der Waals surface area (Å²) in [6.45, 7) is 1.96. The van der Waals surface area contributed by atoms with Crippen molar-refractivity contribution >= 4 is 21.9 Å². The third-order valence-corrected chi connectivity index (χ3v) is 8.42. The number of pyridine rings is 2. The lowest BCUT2D eigenvalue weighted by Crippen LogP contribution is -2.44. The summed E-state index contributed by atoms with van der Waals surface area (Å²) in [5, 5.41) is 6.01. The van der Waals surface area contributed by atoms with Crippen LogP contribution in [0.1, 0.15) is 64.2 Å². The van der Waals surface area contributed by atoms with Gasteiger partial charge in [0.2, 0.25) is 5.88 Å². The van der Waals surface area contributed by atoms with Crippen molar-refractivity contribution in [2.75, 3.05) is 12.9 Å². The van der Waals surface area contributed by atoms with Crippen LogP contribution in [0.25, 0.3) is 11.1 Å². The summed E-state index contributed by atoms with van der Waals surface area (Å²) >= 11 is 0. The first-order valence-corrected chi connectivity index (χ1v) is 17.3. The number of aromatic nitrogens is 2. The van der Waals surface area contributed by atoms with Crippen LogP contribution in [0.4, 0.5) is 4.39 Å². The lowest BCUT2D eigenvalue weighted by Gasteiger charge is -2.29. The molecule has 0 bridgehead atoms. The van der Waals surface area contributed by atoms with E-state index in [4.69, 9.17) is 8.92 Å². The van der Waals surface area contributed by atoms with Crippen LogP contribution in [-0.4, -0.2) is 55.1 Å². The van der Waals surface area contributed by atoms with Crippen LogP contribution in [0.15, 0.2) is 79.0 Å². The number of aryl methyl sites for hydroxylation is 2. The van der Waals surface area contributed by atoms with E-state index in [2.05, 4.69) is 20.6 Å². The van der Waals surface area contributed by atoms with Crippen molar-refractivity contribution in [2.24, 2.45) is 0 Å². The molecule has 10 nitrogen and oxygen atoms in total. The number of ether oxygens (including phenoxy) is 1. The topological polar surface area (TPSA) is 137 Å². The monoisotopic (exact) mass is 660 g/mol. The Morgan fingerprint density at radius 2 is 1.57 bits per heavy atom. The van der Waals surface area contributed by atoms with E-state index in [0.717, 1.165) is 40.9 Å². The molecule has 0 aliphatic heterocycles. The Labute approximate surface area is 273 Å². The molecule has 246 valence electrons. The fourth-order valence-electron chi connectivity index (χ4n) is 5.45. The molecule has 1 fully saturated rings. The normalized spacial score (nSPS) is 16.3. The minimum absolute atomic E-state index is 0.0134. The third kappa shape index (κ3) is 9.90. The molecule has 2 amide bonds. The van der Waals surface area contributed by atoms with Gasteiger partial charge < -0.3 is 15.4 Å². The molecule has 0 unspecified atom stereocenters. The minimum atomic E-state index is -3.45. The van der Waals surface area contributed by atoms with Gasteiger partial charge in [-0.15, -0.1) is 0 Å². The second kappa shape index (κ2) is 15.3. The molecule has 47 heavy (non-hydrogen) atoms. The first-order chi connectivity index (χ1) is 22.5. The van der Waals surface area contributed by atoms with Gasteiger partial charge in [-0.3, -0.25) is 13.8 Å². The highest BCUT2D eigenvalue weighted by Crippen LogP contribution is 2.29. The molecule has 0 saturated heterocycles. The highest BCUT2D eigenvalue weighted by Gasteiger charge is 2.26. The Morgan fingerprint density at radius 3 is 2.26 bits per heavy atom. The number of carbonyl (C=O) groups excluding carboxylic acids is 2. The molecule has 2 N–H and O–H groups in total. The van der Waals surface area contributed by atoms with Gasteiger partial charge in [-0.05, 0) is 92.5 Å². The van der Waals surface area contributed by atoms with E-state index in [0.29, 0.717) is 50.0 Å². The number of halogens is 1. The van der Waals surface area contributed by atoms with Crippen LogP contribution in [0.3, 0.4) is 0 Å². The second-order valence-electron chi connectivity index (χ2n) is 11.6. The van der Waals surface area contributed by atoms with Crippen LogP contribution < -0.4 is 15.4 Å². The van der Waals surface area contributed by atoms with Gasteiger partial charge in [-0.2, -0.15) is 8.42 Å². The summed E-state index contributed by atoms with van der Waals surface area (Å²) < 4.78 is 47.3. The van der Waals surface area contributed by atoms with Gasteiger partial charge in [-0.1, -0.05) is 42.5 Å². The van der Waals surface area contributed by atoms with Crippen molar-refractivity contribution in [1.82, 2.24) is 20.6 Å². The zero-order chi connectivity index (χ0) is 33.4. The highest BCUT2D eigenvalue weighted by atomic mass is 32.2. The second-order valence-corrected chi connectivity index (χ2v) is 13.3. The van der Waals surface area contributed by atoms with Crippen molar-refractivity contribution in [2.45, 2.75) is 57.5 Å². The Balaban J connectivity index is 1.17. The van der Waals surface area contributed by atoms with Gasteiger partial charge in [-0.25, -0.2) is 14.4 Å². The van der Waals surface area contributed by atoms with Gasteiger partial charge in [0.1, 0.15) is 22.8 Å². The van der Waals surface area contributed by atoms with E-state index in [1.165, 1.54) is 0 Å². The summed E-state index contributed by atoms with van der Waals surface area (Å²) in [4.78, 5) is 34.2. The predicted octanol–water partition coefficient (Wildman–Crippen LogP) is 5.76. The van der Waals surface area contributed by atoms with Gasteiger partial charge >= 0.3 is 0 Å². The Morgan fingerprint density at radius 1 is 0.894 bits per heavy atom. The number of nitrogens with one attached hydrogen (secondary N) is 2. The third-order valence-electron chi connectivity index (χ3n) is 7.82. The van der Waals surface area contributed by atoms with Crippen LogP contribution in [0.5, 0.6) is 11.6 Å². The lowest BCUT2D eigenvalue weighted by atomic mass is 9.91. The first kappa shape index (κ1) is 33.7. The number of hydrogen-bond donors (Lipinski definition) is 2. The summed E-state index contributed by atoms with van der Waals surface area (Å²) in [5.74, 6) is -0.951. The van der Waals surface area contributed by atoms with E-state index in [-0.39, 0.29) is 36.0 Å². The van der Waals surface area contributed by atoms with Gasteiger partial charge in [0.15, 0.2) is 0 Å². The Hall–Kier alpha value is -4.68. The zero-order valence-corrected chi connectivity index (χ0v) is 27.1. The lowest BCUT2D eigenvalue weighted by molar-refractivity contribution is 0.0887. The number of nitrogens with zero attached hydrogens (tertiary/aromatic N) is 2. The van der Waals surface area contributed by atoms with Crippen molar-refractivity contribution < 1.29 is 31.3 Å². The summed E-state index contributed by atoms with van der Waals surface area (Å²) in [5.41, 5.74) is 3.97. The minimum Gasteiger partial charge on any atom is -0.438 e. The average molecular weight is 661 g/mol. The van der Waals surface area contributed by atoms with Crippen LogP contribution in [0.2, 0.25) is 0 Å². The van der Waals surface area contributed by atoms with E-state index in [9.17, 15) is 22.4 Å². The molecular formula is C35H37FN4O6S. The van der Waals surface area contributed by atoms with Crippen LogP contribution >= 0.6 is 0 Å². The molecule has 1 aliphatic carbocycles. The zero-order valence-electron chi connectivity index (χ0n) is 26.2. The highest BCUT2D eigenvalue weighted by molar-refractivity contribution is 7.85. The number of rotatable bonds is 12. The standard InChI is InChI=1S/C35H37FN4O6S/c1-23-6-3-10-32(38-23)34(42)40-29-17-15-28(16-18-29)39-33(41)31-21-27(36)22-37-35(31)46-30-9-4-8-26(20-30)25-13-11-24(12-14-25)7-5-19-45-47(2,43)44/h3-4,6,8-14,20-22,28-29H,5,7,15-19H2,1-2H3,(H,39,41)(H,40,42). The van der Waals surface area contributed by atoms with Crippen molar-refractivity contribution in [3.05, 3.63) is 107 Å². The summed E-state index contributed by atoms with van der Waals surface area (Å²) in [6, 6.07) is 21.4. The maximum Gasteiger partial charge on any atom is 0.270 e. The van der Waals surface area contributed by atoms with Gasteiger partial charge in [0.05, 0.1) is 19.1 Å². The molecule has 0 atom stereocenters. The molecule has 2 aromatic heterocycles. The molecular weight excluding hydrogens is 623 g/mol. The molecule has 1 saturated carbocycles. The van der Waals surface area contributed by atoms with Crippen molar-refractivity contribution in [3.8, 4) is 22.8 Å². The quantitative estimate of drug-likeness (QED) is 0.145.